The molecule has 2 aromatic rings. The molecular weight excluding hydrogens is 291 g/mol. The van der Waals surface area contributed by atoms with E-state index in [4.69, 9.17) is 21.4 Å². The summed E-state index contributed by atoms with van der Waals surface area (Å²) in [5.74, 6) is 5.86. The van der Waals surface area contributed by atoms with Crippen molar-refractivity contribution in [3.63, 3.8) is 0 Å². The van der Waals surface area contributed by atoms with Gasteiger partial charge in [-0.05, 0) is 35.9 Å². The number of hydrogen-bond donors (Lipinski definition) is 1. The second kappa shape index (κ2) is 7.68. The molecular formula is C17H14ClFO2. The molecule has 0 heterocycles. The van der Waals surface area contributed by atoms with Gasteiger partial charge >= 0.3 is 0 Å². The fourth-order valence-electron chi connectivity index (χ4n) is 1.66. The van der Waals surface area contributed by atoms with Gasteiger partial charge in [0.2, 0.25) is 0 Å². The first kappa shape index (κ1) is 15.4. The van der Waals surface area contributed by atoms with Crippen molar-refractivity contribution >= 4 is 11.6 Å². The first-order valence-electron chi connectivity index (χ1n) is 6.45. The van der Waals surface area contributed by atoms with Crippen LogP contribution in [0.3, 0.4) is 0 Å². The molecule has 0 aliphatic rings. The molecule has 0 unspecified atom stereocenters. The van der Waals surface area contributed by atoms with Crippen LogP contribution in [-0.4, -0.2) is 11.7 Å². The van der Waals surface area contributed by atoms with Crippen LogP contribution >= 0.6 is 11.6 Å². The van der Waals surface area contributed by atoms with E-state index >= 15 is 0 Å². The third kappa shape index (κ3) is 4.78. The number of ether oxygens (including phenoxy) is 1. The molecule has 2 rings (SSSR count). The Morgan fingerprint density at radius 3 is 2.57 bits per heavy atom. The minimum absolute atomic E-state index is 0.0668. The van der Waals surface area contributed by atoms with E-state index in [1.165, 1.54) is 18.2 Å². The van der Waals surface area contributed by atoms with E-state index in [1.54, 1.807) is 0 Å². The number of benzene rings is 2. The molecule has 0 atom stereocenters. The molecule has 0 bridgehead atoms. The summed E-state index contributed by atoms with van der Waals surface area (Å²) in [6.07, 6.45) is 0.466. The first-order chi connectivity index (χ1) is 10.2. The smallest absolute Gasteiger partial charge is 0.138 e. The van der Waals surface area contributed by atoms with Gasteiger partial charge in [-0.2, -0.15) is 0 Å². The van der Waals surface area contributed by atoms with Gasteiger partial charge in [-0.3, -0.25) is 0 Å². The standard InChI is InChI=1S/C17H14ClFO2/c18-16-11-15(19)8-9-17(16)21-12-14-6-4-13(5-7-14)3-1-2-10-20/h4-9,11,20H,2,10,12H2. The third-order valence-electron chi connectivity index (χ3n) is 2.71. The van der Waals surface area contributed by atoms with Crippen LogP contribution in [0.2, 0.25) is 5.02 Å². The van der Waals surface area contributed by atoms with E-state index in [0.29, 0.717) is 18.8 Å². The van der Waals surface area contributed by atoms with E-state index in [-0.39, 0.29) is 11.6 Å². The monoisotopic (exact) mass is 304 g/mol. The Morgan fingerprint density at radius 1 is 1.14 bits per heavy atom. The fourth-order valence-corrected chi connectivity index (χ4v) is 1.88. The summed E-state index contributed by atoms with van der Waals surface area (Å²) in [6, 6.07) is 11.6. The van der Waals surface area contributed by atoms with Crippen LogP contribution in [0.4, 0.5) is 4.39 Å². The predicted molar refractivity (Wildman–Crippen MR) is 80.8 cm³/mol. The van der Waals surface area contributed by atoms with Crippen LogP contribution in [0, 0.1) is 17.7 Å². The minimum Gasteiger partial charge on any atom is -0.487 e. The summed E-state index contributed by atoms with van der Waals surface area (Å²) < 4.78 is 18.5. The predicted octanol–water partition coefficient (Wildman–Crippen LogP) is 3.79. The van der Waals surface area contributed by atoms with Crippen molar-refractivity contribution in [3.8, 4) is 17.6 Å². The lowest BCUT2D eigenvalue weighted by molar-refractivity contribution is 0.305. The molecule has 0 aromatic heterocycles. The molecule has 0 radical (unpaired) electrons. The van der Waals surface area contributed by atoms with Gasteiger partial charge in [0.25, 0.3) is 0 Å². The summed E-state index contributed by atoms with van der Waals surface area (Å²) in [6.45, 7) is 0.410. The molecule has 0 aliphatic carbocycles. The lowest BCUT2D eigenvalue weighted by Gasteiger charge is -2.08. The van der Waals surface area contributed by atoms with Crippen LogP contribution in [-0.2, 0) is 6.61 Å². The Balaban J connectivity index is 1.96. The topological polar surface area (TPSA) is 29.5 Å². The van der Waals surface area contributed by atoms with Gasteiger partial charge in [-0.1, -0.05) is 35.6 Å². The van der Waals surface area contributed by atoms with Crippen LogP contribution < -0.4 is 4.74 Å². The molecule has 0 aliphatic heterocycles. The van der Waals surface area contributed by atoms with Crippen molar-refractivity contribution in [2.45, 2.75) is 13.0 Å². The Labute approximate surface area is 128 Å². The van der Waals surface area contributed by atoms with E-state index in [2.05, 4.69) is 11.8 Å². The first-order valence-corrected chi connectivity index (χ1v) is 6.83. The van der Waals surface area contributed by atoms with Crippen LogP contribution in [0.15, 0.2) is 42.5 Å². The molecule has 21 heavy (non-hydrogen) atoms. The van der Waals surface area contributed by atoms with E-state index in [1.807, 2.05) is 24.3 Å². The fraction of sp³-hybridized carbons (Fsp3) is 0.176. The number of rotatable bonds is 4. The number of halogens is 2. The molecule has 2 nitrogen and oxygen atoms in total. The highest BCUT2D eigenvalue weighted by molar-refractivity contribution is 6.32. The summed E-state index contributed by atoms with van der Waals surface area (Å²) in [5.41, 5.74) is 1.84. The number of aliphatic hydroxyl groups excluding tert-OH is 1. The zero-order chi connectivity index (χ0) is 15.1. The Kier molecular flexibility index (Phi) is 5.62. The maximum atomic E-state index is 12.9. The van der Waals surface area contributed by atoms with Gasteiger partial charge in [-0.25, -0.2) is 4.39 Å². The van der Waals surface area contributed by atoms with E-state index < -0.39 is 5.82 Å². The average Bonchev–Trinajstić information content (AvgIpc) is 2.48. The second-order valence-corrected chi connectivity index (χ2v) is 4.74. The quantitative estimate of drug-likeness (QED) is 0.871. The number of aliphatic hydroxyl groups is 1. The summed E-state index contributed by atoms with van der Waals surface area (Å²) in [4.78, 5) is 0. The van der Waals surface area contributed by atoms with Gasteiger partial charge in [0.05, 0.1) is 11.6 Å². The van der Waals surface area contributed by atoms with Crippen LogP contribution in [0.1, 0.15) is 17.5 Å². The highest BCUT2D eigenvalue weighted by Gasteiger charge is 2.03. The molecule has 108 valence electrons. The SMILES string of the molecule is OCCC#Cc1ccc(COc2ccc(F)cc2Cl)cc1. The van der Waals surface area contributed by atoms with E-state index in [0.717, 1.165) is 11.1 Å². The van der Waals surface area contributed by atoms with Crippen molar-refractivity contribution in [1.29, 1.82) is 0 Å². The van der Waals surface area contributed by atoms with Gasteiger partial charge < -0.3 is 9.84 Å². The van der Waals surface area contributed by atoms with Crippen molar-refractivity contribution in [2.75, 3.05) is 6.61 Å². The van der Waals surface area contributed by atoms with Crippen LogP contribution in [0.25, 0.3) is 0 Å². The molecule has 0 amide bonds. The maximum Gasteiger partial charge on any atom is 0.138 e. The normalized spacial score (nSPS) is 9.86. The van der Waals surface area contributed by atoms with Crippen molar-refractivity contribution in [3.05, 3.63) is 64.4 Å². The number of hydrogen-bond acceptors (Lipinski definition) is 2. The van der Waals surface area contributed by atoms with Gasteiger partial charge in [0.1, 0.15) is 18.2 Å². The molecule has 0 fully saturated rings. The molecule has 0 saturated heterocycles. The Hall–Kier alpha value is -2.02. The second-order valence-electron chi connectivity index (χ2n) is 4.34. The Morgan fingerprint density at radius 2 is 1.90 bits per heavy atom. The molecule has 2 aromatic carbocycles. The van der Waals surface area contributed by atoms with Crippen LogP contribution in [0.5, 0.6) is 5.75 Å². The summed E-state index contributed by atoms with van der Waals surface area (Å²) in [7, 11) is 0. The minimum atomic E-state index is -0.391. The van der Waals surface area contributed by atoms with Gasteiger partial charge in [-0.15, -0.1) is 0 Å². The van der Waals surface area contributed by atoms with Crippen molar-refractivity contribution < 1.29 is 14.2 Å². The molecule has 0 spiro atoms. The lowest BCUT2D eigenvalue weighted by Crippen LogP contribution is -1.96. The summed E-state index contributed by atoms with van der Waals surface area (Å²) in [5, 5.41) is 8.90. The zero-order valence-corrected chi connectivity index (χ0v) is 12.0. The summed E-state index contributed by atoms with van der Waals surface area (Å²) >= 11 is 5.89. The van der Waals surface area contributed by atoms with Gasteiger partial charge in [0.15, 0.2) is 0 Å². The molecule has 1 N–H and O–H groups in total. The molecule has 4 heteroatoms. The van der Waals surface area contributed by atoms with Gasteiger partial charge in [0, 0.05) is 12.0 Å². The lowest BCUT2D eigenvalue weighted by atomic mass is 10.1. The van der Waals surface area contributed by atoms with Crippen molar-refractivity contribution in [1.82, 2.24) is 0 Å². The highest BCUT2D eigenvalue weighted by atomic mass is 35.5. The zero-order valence-electron chi connectivity index (χ0n) is 11.3. The van der Waals surface area contributed by atoms with Crippen molar-refractivity contribution in [2.24, 2.45) is 0 Å². The van der Waals surface area contributed by atoms with E-state index in [9.17, 15) is 4.39 Å². The highest BCUT2D eigenvalue weighted by Crippen LogP contribution is 2.25. The maximum absolute atomic E-state index is 12.9. The average molecular weight is 305 g/mol. The Bertz CT molecular complexity index is 657. The largest absolute Gasteiger partial charge is 0.487 e. The molecule has 0 saturated carbocycles. The third-order valence-corrected chi connectivity index (χ3v) is 3.01.